The van der Waals surface area contributed by atoms with Gasteiger partial charge in [-0.2, -0.15) is 5.26 Å². The van der Waals surface area contributed by atoms with E-state index in [1.54, 1.807) is 24.3 Å². The Morgan fingerprint density at radius 3 is 2.94 bits per heavy atom. The van der Waals surface area contributed by atoms with Crippen LogP contribution in [0.2, 0.25) is 0 Å². The lowest BCUT2D eigenvalue weighted by Crippen LogP contribution is -2.05. The van der Waals surface area contributed by atoms with Crippen molar-refractivity contribution >= 4 is 33.5 Å². The summed E-state index contributed by atoms with van der Waals surface area (Å²) in [6.45, 7) is 1.98. The third-order valence-corrected chi connectivity index (χ3v) is 3.41. The molecule has 0 spiro atoms. The van der Waals surface area contributed by atoms with Gasteiger partial charge in [0.2, 0.25) is 0 Å². The van der Waals surface area contributed by atoms with Gasteiger partial charge >= 0.3 is 5.97 Å². The van der Waals surface area contributed by atoms with E-state index < -0.39 is 5.97 Å². The SMILES string of the molecule is CCOC(=O)/C(C#N)=C/c1cc2ccccc2s1. The zero-order chi connectivity index (χ0) is 13.0. The third kappa shape index (κ3) is 2.58. The predicted octanol–water partition coefficient (Wildman–Crippen LogP) is 3.37. The molecule has 0 aliphatic carbocycles. The summed E-state index contributed by atoms with van der Waals surface area (Å²) in [5.74, 6) is -0.572. The van der Waals surface area contributed by atoms with Crippen LogP contribution in [0.15, 0.2) is 35.9 Å². The van der Waals surface area contributed by atoms with Crippen LogP contribution >= 0.6 is 11.3 Å². The molecule has 0 fully saturated rings. The zero-order valence-electron chi connectivity index (χ0n) is 9.84. The van der Waals surface area contributed by atoms with Gasteiger partial charge in [-0.25, -0.2) is 4.79 Å². The molecule has 1 heterocycles. The molecule has 0 radical (unpaired) electrons. The summed E-state index contributed by atoms with van der Waals surface area (Å²) >= 11 is 1.54. The van der Waals surface area contributed by atoms with Crippen LogP contribution in [0.4, 0.5) is 0 Å². The standard InChI is InChI=1S/C14H11NO2S/c1-2-17-14(16)11(9-15)8-12-7-10-5-3-4-6-13(10)18-12/h3-8H,2H2,1H3/b11-8+. The molecular formula is C14H11NO2S. The first-order valence-corrected chi connectivity index (χ1v) is 6.33. The summed E-state index contributed by atoms with van der Waals surface area (Å²) in [5.41, 5.74) is 0.0309. The van der Waals surface area contributed by atoms with E-state index in [9.17, 15) is 4.79 Å². The van der Waals surface area contributed by atoms with Crippen molar-refractivity contribution in [3.05, 3.63) is 40.8 Å². The first-order valence-electron chi connectivity index (χ1n) is 5.52. The summed E-state index contributed by atoms with van der Waals surface area (Å²) in [6.07, 6.45) is 1.57. The lowest BCUT2D eigenvalue weighted by atomic mass is 10.2. The molecule has 4 heteroatoms. The molecule has 0 aliphatic rings. The number of nitriles is 1. The van der Waals surface area contributed by atoms with Gasteiger partial charge in [0, 0.05) is 9.58 Å². The maximum Gasteiger partial charge on any atom is 0.348 e. The molecule has 0 bridgehead atoms. The first kappa shape index (κ1) is 12.3. The second kappa shape index (κ2) is 5.48. The maximum atomic E-state index is 11.5. The van der Waals surface area contributed by atoms with Crippen molar-refractivity contribution in [3.8, 4) is 6.07 Å². The number of esters is 1. The molecule has 0 saturated carbocycles. The molecule has 0 saturated heterocycles. The number of hydrogen-bond donors (Lipinski definition) is 0. The maximum absolute atomic E-state index is 11.5. The van der Waals surface area contributed by atoms with Crippen LogP contribution in [-0.2, 0) is 9.53 Å². The van der Waals surface area contributed by atoms with Crippen molar-refractivity contribution in [2.24, 2.45) is 0 Å². The van der Waals surface area contributed by atoms with Crippen LogP contribution < -0.4 is 0 Å². The van der Waals surface area contributed by atoms with Gasteiger partial charge in [0.1, 0.15) is 11.6 Å². The second-order valence-electron chi connectivity index (χ2n) is 3.58. The van der Waals surface area contributed by atoms with Crippen LogP contribution in [0, 0.1) is 11.3 Å². The number of carbonyl (C=O) groups excluding carboxylic acids is 1. The Kier molecular flexibility index (Phi) is 3.75. The van der Waals surface area contributed by atoms with E-state index in [1.807, 2.05) is 36.4 Å². The van der Waals surface area contributed by atoms with E-state index in [2.05, 4.69) is 0 Å². The lowest BCUT2D eigenvalue weighted by Gasteiger charge is -1.97. The van der Waals surface area contributed by atoms with Crippen molar-refractivity contribution < 1.29 is 9.53 Å². The fourth-order valence-electron chi connectivity index (χ4n) is 1.56. The van der Waals surface area contributed by atoms with Gasteiger partial charge in [0.25, 0.3) is 0 Å². The fourth-order valence-corrected chi connectivity index (χ4v) is 2.57. The molecule has 2 rings (SSSR count). The minimum atomic E-state index is -0.572. The van der Waals surface area contributed by atoms with Gasteiger partial charge < -0.3 is 4.74 Å². The molecular weight excluding hydrogens is 246 g/mol. The fraction of sp³-hybridized carbons (Fsp3) is 0.143. The summed E-state index contributed by atoms with van der Waals surface area (Å²) in [7, 11) is 0. The molecule has 0 atom stereocenters. The summed E-state index contributed by atoms with van der Waals surface area (Å²) in [5, 5.41) is 10.1. The number of nitrogens with zero attached hydrogens (tertiary/aromatic N) is 1. The van der Waals surface area contributed by atoms with Gasteiger partial charge in [0.15, 0.2) is 0 Å². The highest BCUT2D eigenvalue weighted by Gasteiger charge is 2.10. The van der Waals surface area contributed by atoms with Gasteiger partial charge in [-0.15, -0.1) is 11.3 Å². The van der Waals surface area contributed by atoms with E-state index >= 15 is 0 Å². The summed E-state index contributed by atoms with van der Waals surface area (Å²) in [6, 6.07) is 11.8. The van der Waals surface area contributed by atoms with Crippen molar-refractivity contribution in [2.75, 3.05) is 6.61 Å². The van der Waals surface area contributed by atoms with Crippen molar-refractivity contribution in [1.29, 1.82) is 5.26 Å². The lowest BCUT2D eigenvalue weighted by molar-refractivity contribution is -0.137. The molecule has 0 N–H and O–H groups in total. The molecule has 90 valence electrons. The summed E-state index contributed by atoms with van der Waals surface area (Å²) in [4.78, 5) is 12.4. The number of ether oxygens (including phenoxy) is 1. The molecule has 2 aromatic rings. The Morgan fingerprint density at radius 1 is 1.50 bits per heavy atom. The molecule has 0 unspecified atom stereocenters. The minimum absolute atomic E-state index is 0.0309. The quantitative estimate of drug-likeness (QED) is 0.481. The molecule has 1 aromatic carbocycles. The van der Waals surface area contributed by atoms with E-state index in [-0.39, 0.29) is 12.2 Å². The van der Waals surface area contributed by atoms with Crippen LogP contribution in [0.3, 0.4) is 0 Å². The molecule has 0 aliphatic heterocycles. The average molecular weight is 257 g/mol. The van der Waals surface area contributed by atoms with E-state index in [1.165, 1.54) is 0 Å². The van der Waals surface area contributed by atoms with Crippen LogP contribution in [0.5, 0.6) is 0 Å². The summed E-state index contributed by atoms with van der Waals surface area (Å²) < 4.78 is 5.95. The van der Waals surface area contributed by atoms with E-state index in [4.69, 9.17) is 10.00 Å². The van der Waals surface area contributed by atoms with Gasteiger partial charge in [0.05, 0.1) is 6.61 Å². The Bertz CT molecular complexity index is 616. The van der Waals surface area contributed by atoms with Crippen molar-refractivity contribution in [2.45, 2.75) is 6.92 Å². The Morgan fingerprint density at radius 2 is 2.28 bits per heavy atom. The van der Waals surface area contributed by atoms with Gasteiger partial charge in [-0.3, -0.25) is 0 Å². The Labute approximate surface area is 109 Å². The van der Waals surface area contributed by atoms with Crippen LogP contribution in [0.1, 0.15) is 11.8 Å². The predicted molar refractivity (Wildman–Crippen MR) is 72.0 cm³/mol. The van der Waals surface area contributed by atoms with Gasteiger partial charge in [-0.1, -0.05) is 18.2 Å². The van der Waals surface area contributed by atoms with Crippen LogP contribution in [0.25, 0.3) is 16.2 Å². The normalized spacial score (nSPS) is 11.2. The zero-order valence-corrected chi connectivity index (χ0v) is 10.7. The molecule has 0 amide bonds. The largest absolute Gasteiger partial charge is 0.462 e. The third-order valence-electron chi connectivity index (χ3n) is 2.35. The van der Waals surface area contributed by atoms with Crippen LogP contribution in [-0.4, -0.2) is 12.6 Å². The molecule has 18 heavy (non-hydrogen) atoms. The monoisotopic (exact) mass is 257 g/mol. The number of thiophene rings is 1. The van der Waals surface area contributed by atoms with E-state index in [0.29, 0.717) is 0 Å². The topological polar surface area (TPSA) is 50.1 Å². The number of carbonyl (C=O) groups is 1. The highest BCUT2D eigenvalue weighted by atomic mass is 32.1. The van der Waals surface area contributed by atoms with E-state index in [0.717, 1.165) is 15.0 Å². The number of rotatable bonds is 3. The Hall–Kier alpha value is -2.12. The smallest absolute Gasteiger partial charge is 0.348 e. The van der Waals surface area contributed by atoms with Crippen molar-refractivity contribution in [1.82, 2.24) is 0 Å². The number of fused-ring (bicyclic) bond motifs is 1. The number of benzene rings is 1. The second-order valence-corrected chi connectivity index (χ2v) is 4.69. The molecule has 1 aromatic heterocycles. The first-order chi connectivity index (χ1) is 8.74. The number of hydrogen-bond acceptors (Lipinski definition) is 4. The van der Waals surface area contributed by atoms with Crippen molar-refractivity contribution in [3.63, 3.8) is 0 Å². The highest BCUT2D eigenvalue weighted by Crippen LogP contribution is 2.27. The minimum Gasteiger partial charge on any atom is -0.462 e. The average Bonchev–Trinajstić information content (AvgIpc) is 2.78. The molecule has 3 nitrogen and oxygen atoms in total. The van der Waals surface area contributed by atoms with Gasteiger partial charge in [-0.05, 0) is 30.5 Å². The highest BCUT2D eigenvalue weighted by molar-refractivity contribution is 7.19. The Balaban J connectivity index is 2.36.